The predicted molar refractivity (Wildman–Crippen MR) is 79.2 cm³/mol. The molecule has 0 fully saturated rings. The van der Waals surface area contributed by atoms with Crippen molar-refractivity contribution in [3.05, 3.63) is 33.9 Å². The van der Waals surface area contributed by atoms with Gasteiger partial charge in [0.15, 0.2) is 0 Å². The number of anilines is 1. The fraction of sp³-hybridized carbons (Fsp3) is 0.462. The summed E-state index contributed by atoms with van der Waals surface area (Å²) in [6.07, 6.45) is 1.54. The first-order valence-corrected chi connectivity index (χ1v) is 7.31. The lowest BCUT2D eigenvalue weighted by Gasteiger charge is -2.15. The molecule has 0 aliphatic heterocycles. The van der Waals surface area contributed by atoms with Gasteiger partial charge in [0.2, 0.25) is 0 Å². The predicted octanol–water partition coefficient (Wildman–Crippen LogP) is 3.35. The molecule has 0 amide bonds. The SMILES string of the molecule is CCSCCC(C)Nc1ccc(C=O)cc1[N+](=O)[O-]. The van der Waals surface area contributed by atoms with Gasteiger partial charge in [-0.1, -0.05) is 6.92 Å². The molecule has 1 aromatic carbocycles. The summed E-state index contributed by atoms with van der Waals surface area (Å²) < 4.78 is 0. The fourth-order valence-corrected chi connectivity index (χ4v) is 2.45. The van der Waals surface area contributed by atoms with E-state index in [9.17, 15) is 14.9 Å². The highest BCUT2D eigenvalue weighted by molar-refractivity contribution is 7.99. The third kappa shape index (κ3) is 4.90. The minimum Gasteiger partial charge on any atom is -0.377 e. The van der Waals surface area contributed by atoms with Gasteiger partial charge in [-0.2, -0.15) is 11.8 Å². The number of thioether (sulfide) groups is 1. The first-order chi connectivity index (χ1) is 9.08. The Hall–Kier alpha value is -1.56. The number of hydrogen-bond donors (Lipinski definition) is 1. The van der Waals surface area contributed by atoms with Gasteiger partial charge in [0.1, 0.15) is 12.0 Å². The van der Waals surface area contributed by atoms with Crippen LogP contribution in [0.4, 0.5) is 11.4 Å². The van der Waals surface area contributed by atoms with E-state index in [4.69, 9.17) is 0 Å². The summed E-state index contributed by atoms with van der Waals surface area (Å²) in [7, 11) is 0. The monoisotopic (exact) mass is 282 g/mol. The minimum absolute atomic E-state index is 0.0559. The summed E-state index contributed by atoms with van der Waals surface area (Å²) in [6, 6.07) is 4.61. The zero-order chi connectivity index (χ0) is 14.3. The molecule has 0 saturated carbocycles. The van der Waals surface area contributed by atoms with Crippen molar-refractivity contribution in [3.8, 4) is 0 Å². The number of carbonyl (C=O) groups excluding carboxylic acids is 1. The van der Waals surface area contributed by atoms with Crippen LogP contribution < -0.4 is 5.32 Å². The lowest BCUT2D eigenvalue weighted by Crippen LogP contribution is -2.17. The second-order valence-corrected chi connectivity index (χ2v) is 5.58. The zero-order valence-corrected chi connectivity index (χ0v) is 11.9. The number of benzene rings is 1. The van der Waals surface area contributed by atoms with Gasteiger partial charge >= 0.3 is 0 Å². The van der Waals surface area contributed by atoms with Crippen molar-refractivity contribution in [1.29, 1.82) is 0 Å². The Morgan fingerprint density at radius 3 is 2.84 bits per heavy atom. The molecule has 0 bridgehead atoms. The van der Waals surface area contributed by atoms with E-state index in [1.807, 2.05) is 18.7 Å². The Morgan fingerprint density at radius 1 is 1.53 bits per heavy atom. The van der Waals surface area contributed by atoms with Crippen molar-refractivity contribution in [2.75, 3.05) is 16.8 Å². The van der Waals surface area contributed by atoms with Crippen LogP contribution in [0.25, 0.3) is 0 Å². The van der Waals surface area contributed by atoms with E-state index in [-0.39, 0.29) is 11.7 Å². The standard InChI is InChI=1S/C13H18N2O3S/c1-3-19-7-6-10(2)14-12-5-4-11(9-16)8-13(12)15(17)18/h4-5,8-10,14H,3,6-7H2,1-2H3. The van der Waals surface area contributed by atoms with Gasteiger partial charge in [-0.05, 0) is 37.0 Å². The summed E-state index contributed by atoms with van der Waals surface area (Å²) in [5, 5.41) is 14.1. The van der Waals surface area contributed by atoms with Gasteiger partial charge in [-0.25, -0.2) is 0 Å². The summed E-state index contributed by atoms with van der Waals surface area (Å²) >= 11 is 1.84. The van der Waals surface area contributed by atoms with Gasteiger partial charge in [-0.15, -0.1) is 0 Å². The first-order valence-electron chi connectivity index (χ1n) is 6.16. The van der Waals surface area contributed by atoms with Crippen LogP contribution in [0.2, 0.25) is 0 Å². The number of rotatable bonds is 8. The molecular formula is C13H18N2O3S. The first kappa shape index (κ1) is 15.5. The van der Waals surface area contributed by atoms with E-state index < -0.39 is 4.92 Å². The molecule has 19 heavy (non-hydrogen) atoms. The van der Waals surface area contributed by atoms with Crippen LogP contribution in [0.3, 0.4) is 0 Å². The molecule has 104 valence electrons. The molecule has 1 aromatic rings. The molecule has 1 rings (SSSR count). The van der Waals surface area contributed by atoms with Crippen LogP contribution in [0.15, 0.2) is 18.2 Å². The molecule has 0 radical (unpaired) electrons. The zero-order valence-electron chi connectivity index (χ0n) is 11.1. The normalized spacial score (nSPS) is 11.9. The molecule has 0 heterocycles. The van der Waals surface area contributed by atoms with E-state index in [2.05, 4.69) is 12.2 Å². The Morgan fingerprint density at radius 2 is 2.26 bits per heavy atom. The Bertz CT molecular complexity index is 452. The van der Waals surface area contributed by atoms with Crippen molar-refractivity contribution in [3.63, 3.8) is 0 Å². The summed E-state index contributed by atoms with van der Waals surface area (Å²) in [5.74, 6) is 2.09. The van der Waals surface area contributed by atoms with Crippen molar-refractivity contribution < 1.29 is 9.72 Å². The Balaban J connectivity index is 2.76. The number of nitro groups is 1. The van der Waals surface area contributed by atoms with Crippen LogP contribution in [-0.2, 0) is 0 Å². The summed E-state index contributed by atoms with van der Waals surface area (Å²) in [5.41, 5.74) is 0.718. The van der Waals surface area contributed by atoms with E-state index in [0.29, 0.717) is 17.5 Å². The van der Waals surface area contributed by atoms with E-state index in [1.54, 1.807) is 12.1 Å². The Kier molecular flexibility index (Phi) is 6.35. The fourth-order valence-electron chi connectivity index (χ4n) is 1.64. The van der Waals surface area contributed by atoms with Crippen LogP contribution in [-0.4, -0.2) is 28.8 Å². The number of nitrogens with zero attached hydrogens (tertiary/aromatic N) is 1. The lowest BCUT2D eigenvalue weighted by molar-refractivity contribution is -0.384. The van der Waals surface area contributed by atoms with Crippen LogP contribution in [0.5, 0.6) is 0 Å². The Labute approximate surface area is 116 Å². The smallest absolute Gasteiger partial charge is 0.293 e. The summed E-state index contributed by atoms with van der Waals surface area (Å²) in [6.45, 7) is 4.10. The van der Waals surface area contributed by atoms with Gasteiger partial charge in [0.25, 0.3) is 5.69 Å². The average Bonchev–Trinajstić information content (AvgIpc) is 2.39. The molecule has 0 aromatic heterocycles. The second-order valence-electron chi connectivity index (χ2n) is 4.18. The minimum atomic E-state index is -0.469. The molecule has 0 aliphatic rings. The topological polar surface area (TPSA) is 72.2 Å². The van der Waals surface area contributed by atoms with Gasteiger partial charge < -0.3 is 5.32 Å². The van der Waals surface area contributed by atoms with E-state index in [1.165, 1.54) is 6.07 Å². The number of aldehydes is 1. The molecule has 0 saturated heterocycles. The number of nitro benzene ring substituents is 1. The third-order valence-electron chi connectivity index (χ3n) is 2.66. The molecule has 6 heteroatoms. The summed E-state index contributed by atoms with van der Waals surface area (Å²) in [4.78, 5) is 21.2. The maximum Gasteiger partial charge on any atom is 0.293 e. The van der Waals surface area contributed by atoms with E-state index in [0.717, 1.165) is 17.9 Å². The molecule has 1 atom stereocenters. The van der Waals surface area contributed by atoms with E-state index >= 15 is 0 Å². The number of hydrogen-bond acceptors (Lipinski definition) is 5. The van der Waals surface area contributed by atoms with Gasteiger partial charge in [0.05, 0.1) is 4.92 Å². The van der Waals surface area contributed by atoms with Crippen molar-refractivity contribution >= 4 is 29.4 Å². The van der Waals surface area contributed by atoms with Gasteiger partial charge in [-0.3, -0.25) is 14.9 Å². The van der Waals surface area contributed by atoms with Crippen LogP contribution in [0.1, 0.15) is 30.6 Å². The van der Waals surface area contributed by atoms with Crippen LogP contribution in [0, 0.1) is 10.1 Å². The number of nitrogens with one attached hydrogen (secondary N) is 1. The third-order valence-corrected chi connectivity index (χ3v) is 3.59. The molecule has 1 unspecified atom stereocenters. The van der Waals surface area contributed by atoms with Crippen molar-refractivity contribution in [2.45, 2.75) is 26.3 Å². The maximum absolute atomic E-state index is 11.0. The molecule has 1 N–H and O–H groups in total. The van der Waals surface area contributed by atoms with Crippen molar-refractivity contribution in [2.24, 2.45) is 0 Å². The lowest BCUT2D eigenvalue weighted by atomic mass is 10.1. The molecule has 5 nitrogen and oxygen atoms in total. The maximum atomic E-state index is 11.0. The van der Waals surface area contributed by atoms with Gasteiger partial charge in [0, 0.05) is 17.7 Å². The highest BCUT2D eigenvalue weighted by Crippen LogP contribution is 2.26. The highest BCUT2D eigenvalue weighted by atomic mass is 32.2. The number of carbonyl (C=O) groups is 1. The largest absolute Gasteiger partial charge is 0.377 e. The second kappa shape index (κ2) is 7.78. The highest BCUT2D eigenvalue weighted by Gasteiger charge is 2.16. The molecule has 0 spiro atoms. The van der Waals surface area contributed by atoms with Crippen LogP contribution >= 0.6 is 11.8 Å². The average molecular weight is 282 g/mol. The molecule has 0 aliphatic carbocycles. The van der Waals surface area contributed by atoms with Crippen molar-refractivity contribution in [1.82, 2.24) is 0 Å². The molecular weight excluding hydrogens is 264 g/mol. The quantitative estimate of drug-likeness (QED) is 0.342.